The molecule has 24 heavy (non-hydrogen) atoms. The molecule has 0 fully saturated rings. The van der Waals surface area contributed by atoms with Crippen LogP contribution in [0.1, 0.15) is 27.9 Å². The van der Waals surface area contributed by atoms with E-state index in [1.165, 1.54) is 17.4 Å². The molecule has 0 bridgehead atoms. The third-order valence-electron chi connectivity index (χ3n) is 3.94. The van der Waals surface area contributed by atoms with Crippen LogP contribution in [0.5, 0.6) is 0 Å². The van der Waals surface area contributed by atoms with Crippen molar-refractivity contribution in [1.82, 2.24) is 14.7 Å². The fourth-order valence-electron chi connectivity index (χ4n) is 2.66. The SMILES string of the molecule is CCN(Cc1cc(Br)ccc1F)C(=O)c1cc2c(C)nn(C)c2s1. The zero-order valence-corrected chi connectivity index (χ0v) is 16.0. The molecule has 3 rings (SSSR count). The molecular formula is C17H17BrFN3OS. The molecule has 2 aromatic heterocycles. The highest BCUT2D eigenvalue weighted by molar-refractivity contribution is 9.10. The minimum atomic E-state index is -0.305. The van der Waals surface area contributed by atoms with Gasteiger partial charge in [-0.05, 0) is 38.1 Å². The molecule has 3 aromatic rings. The van der Waals surface area contributed by atoms with E-state index in [1.807, 2.05) is 27.0 Å². The molecule has 0 aliphatic rings. The van der Waals surface area contributed by atoms with Crippen LogP contribution in [0.4, 0.5) is 4.39 Å². The Morgan fingerprint density at radius 1 is 1.42 bits per heavy atom. The lowest BCUT2D eigenvalue weighted by molar-refractivity contribution is 0.0756. The second-order valence-corrected chi connectivity index (χ2v) is 7.54. The lowest BCUT2D eigenvalue weighted by Crippen LogP contribution is -2.30. The van der Waals surface area contributed by atoms with Gasteiger partial charge < -0.3 is 4.90 Å². The molecule has 0 unspecified atom stereocenters. The first-order valence-corrected chi connectivity index (χ1v) is 9.18. The average molecular weight is 410 g/mol. The van der Waals surface area contributed by atoms with Gasteiger partial charge in [0.2, 0.25) is 0 Å². The second kappa shape index (κ2) is 6.64. The summed E-state index contributed by atoms with van der Waals surface area (Å²) in [6.07, 6.45) is 0. The van der Waals surface area contributed by atoms with Gasteiger partial charge in [0.25, 0.3) is 5.91 Å². The molecule has 4 nitrogen and oxygen atoms in total. The summed E-state index contributed by atoms with van der Waals surface area (Å²) in [4.78, 5) is 16.1. The molecule has 0 N–H and O–H groups in total. The lowest BCUT2D eigenvalue weighted by Gasteiger charge is -2.20. The summed E-state index contributed by atoms with van der Waals surface area (Å²) >= 11 is 4.77. The summed E-state index contributed by atoms with van der Waals surface area (Å²) in [5, 5.41) is 5.35. The number of hydrogen-bond acceptors (Lipinski definition) is 3. The van der Waals surface area contributed by atoms with Gasteiger partial charge in [-0.25, -0.2) is 4.39 Å². The Balaban J connectivity index is 1.90. The van der Waals surface area contributed by atoms with Gasteiger partial charge in [0.05, 0.1) is 10.6 Å². The zero-order valence-electron chi connectivity index (χ0n) is 13.6. The number of rotatable bonds is 4. The van der Waals surface area contributed by atoms with Crippen LogP contribution >= 0.6 is 27.3 Å². The summed E-state index contributed by atoms with van der Waals surface area (Å²) < 4.78 is 16.6. The Morgan fingerprint density at radius 2 is 2.17 bits per heavy atom. The Labute approximate surface area is 152 Å². The quantitative estimate of drug-likeness (QED) is 0.635. The van der Waals surface area contributed by atoms with E-state index in [0.717, 1.165) is 20.4 Å². The van der Waals surface area contributed by atoms with Gasteiger partial charge in [0.1, 0.15) is 10.6 Å². The highest BCUT2D eigenvalue weighted by atomic mass is 79.9. The van der Waals surface area contributed by atoms with E-state index in [0.29, 0.717) is 17.0 Å². The van der Waals surface area contributed by atoms with Gasteiger partial charge >= 0.3 is 0 Å². The molecule has 0 spiro atoms. The van der Waals surface area contributed by atoms with Crippen LogP contribution < -0.4 is 0 Å². The maximum absolute atomic E-state index is 14.0. The van der Waals surface area contributed by atoms with Crippen LogP contribution in [0.2, 0.25) is 0 Å². The molecule has 2 heterocycles. The number of benzene rings is 1. The van der Waals surface area contributed by atoms with Crippen LogP contribution in [-0.2, 0) is 13.6 Å². The molecule has 7 heteroatoms. The monoisotopic (exact) mass is 409 g/mol. The summed E-state index contributed by atoms with van der Waals surface area (Å²) in [5.74, 6) is -0.390. The fraction of sp³-hybridized carbons (Fsp3) is 0.294. The van der Waals surface area contributed by atoms with Crippen molar-refractivity contribution in [3.63, 3.8) is 0 Å². The van der Waals surface area contributed by atoms with Crippen molar-refractivity contribution in [3.8, 4) is 0 Å². The third kappa shape index (κ3) is 3.10. The van der Waals surface area contributed by atoms with Crippen molar-refractivity contribution < 1.29 is 9.18 Å². The van der Waals surface area contributed by atoms with Crippen LogP contribution in [0.15, 0.2) is 28.7 Å². The lowest BCUT2D eigenvalue weighted by atomic mass is 10.2. The molecule has 0 aliphatic carbocycles. The molecular weight excluding hydrogens is 393 g/mol. The van der Waals surface area contributed by atoms with Crippen LogP contribution in [-0.4, -0.2) is 27.1 Å². The number of halogens is 2. The maximum Gasteiger partial charge on any atom is 0.264 e. The first-order chi connectivity index (χ1) is 11.4. The van der Waals surface area contributed by atoms with E-state index in [-0.39, 0.29) is 18.3 Å². The van der Waals surface area contributed by atoms with Gasteiger partial charge in [-0.15, -0.1) is 11.3 Å². The molecule has 126 valence electrons. The molecule has 1 amide bonds. The van der Waals surface area contributed by atoms with Crippen molar-refractivity contribution in [2.24, 2.45) is 7.05 Å². The van der Waals surface area contributed by atoms with Crippen molar-refractivity contribution >= 4 is 43.4 Å². The Morgan fingerprint density at radius 3 is 2.83 bits per heavy atom. The number of hydrogen-bond donors (Lipinski definition) is 0. The van der Waals surface area contributed by atoms with E-state index in [4.69, 9.17) is 0 Å². The number of amides is 1. The van der Waals surface area contributed by atoms with Crippen molar-refractivity contribution in [3.05, 3.63) is 50.7 Å². The van der Waals surface area contributed by atoms with E-state index in [2.05, 4.69) is 21.0 Å². The number of nitrogens with zero attached hydrogens (tertiary/aromatic N) is 3. The number of aryl methyl sites for hydroxylation is 2. The van der Waals surface area contributed by atoms with E-state index >= 15 is 0 Å². The number of aromatic nitrogens is 2. The van der Waals surface area contributed by atoms with Crippen molar-refractivity contribution in [1.29, 1.82) is 0 Å². The average Bonchev–Trinajstić information content (AvgIpc) is 3.10. The first-order valence-electron chi connectivity index (χ1n) is 7.57. The first kappa shape index (κ1) is 17.1. The van der Waals surface area contributed by atoms with Crippen molar-refractivity contribution in [2.75, 3.05) is 6.54 Å². The van der Waals surface area contributed by atoms with Gasteiger partial charge in [-0.1, -0.05) is 15.9 Å². The van der Waals surface area contributed by atoms with Crippen LogP contribution in [0.25, 0.3) is 10.2 Å². The molecule has 0 saturated heterocycles. The molecule has 1 aromatic carbocycles. The number of carbonyl (C=O) groups excluding carboxylic acids is 1. The van der Waals surface area contributed by atoms with Gasteiger partial charge in [-0.2, -0.15) is 5.10 Å². The van der Waals surface area contributed by atoms with Crippen LogP contribution in [0, 0.1) is 12.7 Å². The predicted molar refractivity (Wildman–Crippen MR) is 97.8 cm³/mol. The molecule has 0 atom stereocenters. The van der Waals surface area contributed by atoms with Crippen LogP contribution in [0.3, 0.4) is 0 Å². The molecule has 0 radical (unpaired) electrons. The van der Waals surface area contributed by atoms with E-state index in [1.54, 1.807) is 21.7 Å². The fourth-order valence-corrected chi connectivity index (χ4v) is 4.16. The summed E-state index contributed by atoms with van der Waals surface area (Å²) in [7, 11) is 1.87. The second-order valence-electron chi connectivity index (χ2n) is 5.59. The van der Waals surface area contributed by atoms with Crippen molar-refractivity contribution in [2.45, 2.75) is 20.4 Å². The zero-order chi connectivity index (χ0) is 17.4. The van der Waals surface area contributed by atoms with E-state index < -0.39 is 0 Å². The topological polar surface area (TPSA) is 38.1 Å². The van der Waals surface area contributed by atoms with Gasteiger partial charge in [-0.3, -0.25) is 9.48 Å². The standard InChI is InChI=1S/C17H17BrFN3OS/c1-4-22(9-11-7-12(18)5-6-14(11)19)16(23)15-8-13-10(2)20-21(3)17(13)24-15/h5-8H,4,9H2,1-3H3. The Bertz CT molecular complexity index is 884. The number of fused-ring (bicyclic) bond motifs is 1. The summed E-state index contributed by atoms with van der Waals surface area (Å²) in [6.45, 7) is 4.58. The summed E-state index contributed by atoms with van der Waals surface area (Å²) in [5.41, 5.74) is 1.41. The number of carbonyl (C=O) groups is 1. The largest absolute Gasteiger partial charge is 0.334 e. The summed E-state index contributed by atoms with van der Waals surface area (Å²) in [6, 6.07) is 6.65. The highest BCUT2D eigenvalue weighted by Crippen LogP contribution is 2.29. The normalized spacial score (nSPS) is 11.2. The molecule has 0 saturated carbocycles. The minimum absolute atomic E-state index is 0.0857. The minimum Gasteiger partial charge on any atom is -0.334 e. The Hall–Kier alpha value is -1.73. The van der Waals surface area contributed by atoms with E-state index in [9.17, 15) is 9.18 Å². The smallest absolute Gasteiger partial charge is 0.264 e. The van der Waals surface area contributed by atoms with Gasteiger partial charge in [0, 0.05) is 35.6 Å². The molecule has 0 aliphatic heterocycles. The third-order valence-corrected chi connectivity index (χ3v) is 5.63. The predicted octanol–water partition coefficient (Wildman–Crippen LogP) is 4.51. The van der Waals surface area contributed by atoms with Gasteiger partial charge in [0.15, 0.2) is 0 Å². The maximum atomic E-state index is 14.0. The highest BCUT2D eigenvalue weighted by Gasteiger charge is 2.20. The number of thiophene rings is 1. The Kier molecular flexibility index (Phi) is 4.73.